The molecule has 1 fully saturated rings. The fourth-order valence-corrected chi connectivity index (χ4v) is 7.98. The van der Waals surface area contributed by atoms with Gasteiger partial charge in [0.15, 0.2) is 23.1 Å². The molecule has 47 heavy (non-hydrogen) atoms. The number of hydrogen-bond acceptors (Lipinski definition) is 9. The molecule has 0 saturated heterocycles. The summed E-state index contributed by atoms with van der Waals surface area (Å²) in [5, 5.41) is 15.1. The second-order valence-corrected chi connectivity index (χ2v) is 13.6. The number of pyridine rings is 2. The van der Waals surface area contributed by atoms with E-state index in [-0.39, 0.29) is 31.0 Å². The van der Waals surface area contributed by atoms with Gasteiger partial charge in [0, 0.05) is 43.2 Å². The number of hydrogen-bond donors (Lipinski definition) is 2. The Morgan fingerprint density at radius 3 is 2.62 bits per heavy atom. The smallest absolute Gasteiger partial charge is 0.289 e. The number of carbonyl (C=O) groups is 1. The molecule has 2 N–H and O–H groups in total. The largest absolute Gasteiger partial charge is 0.480 e. The lowest BCUT2D eigenvalue weighted by molar-refractivity contribution is -0.387. The highest BCUT2D eigenvalue weighted by Crippen LogP contribution is 2.35. The van der Waals surface area contributed by atoms with E-state index in [2.05, 4.69) is 15.0 Å². The summed E-state index contributed by atoms with van der Waals surface area (Å²) in [6.45, 7) is 1.56. The number of benzene rings is 2. The highest BCUT2D eigenvalue weighted by molar-refractivity contribution is 7.89. The van der Waals surface area contributed by atoms with Crippen LogP contribution in [0.3, 0.4) is 0 Å². The third-order valence-corrected chi connectivity index (χ3v) is 10.5. The topological polar surface area (TPSA) is 166 Å². The van der Waals surface area contributed by atoms with Gasteiger partial charge in [-0.15, -0.1) is 0 Å². The number of halogens is 1. The van der Waals surface area contributed by atoms with Crippen LogP contribution in [-0.2, 0) is 21.4 Å². The fourth-order valence-electron chi connectivity index (χ4n) is 6.52. The van der Waals surface area contributed by atoms with Crippen molar-refractivity contribution in [3.05, 3.63) is 92.5 Å². The molecule has 0 spiro atoms. The average molecular weight is 665 g/mol. The van der Waals surface area contributed by atoms with E-state index in [9.17, 15) is 32.5 Å². The highest BCUT2D eigenvalue weighted by Gasteiger charge is 2.35. The van der Waals surface area contributed by atoms with E-state index in [1.807, 2.05) is 11.9 Å². The number of nitrogens with one attached hydrogen (secondary N) is 2. The van der Waals surface area contributed by atoms with Crippen molar-refractivity contribution in [2.24, 2.45) is 5.92 Å². The van der Waals surface area contributed by atoms with Crippen molar-refractivity contribution in [2.75, 3.05) is 23.9 Å². The number of rotatable bonds is 9. The first-order chi connectivity index (χ1) is 22.4. The second kappa shape index (κ2) is 12.7. The molecular formula is C32H33FN6O7S. The zero-order valence-electron chi connectivity index (χ0n) is 25.7. The number of ether oxygens (including phenoxy) is 1. The van der Waals surface area contributed by atoms with Crippen molar-refractivity contribution in [1.29, 1.82) is 0 Å². The number of fused-ring (bicyclic) bond motifs is 2. The van der Waals surface area contributed by atoms with Gasteiger partial charge >= 0.3 is 0 Å². The Balaban J connectivity index is 1.30. The molecule has 1 aliphatic heterocycles. The van der Waals surface area contributed by atoms with E-state index in [1.54, 1.807) is 25.1 Å². The number of aromatic nitrogens is 2. The van der Waals surface area contributed by atoms with E-state index in [1.165, 1.54) is 41.0 Å². The van der Waals surface area contributed by atoms with Crippen LogP contribution < -0.4 is 25.2 Å². The molecule has 246 valence electrons. The number of nitro benzene ring substituents is 1. The van der Waals surface area contributed by atoms with E-state index in [4.69, 9.17) is 4.74 Å². The third-order valence-electron chi connectivity index (χ3n) is 9.00. The van der Waals surface area contributed by atoms with Crippen molar-refractivity contribution in [3.8, 4) is 5.75 Å². The summed E-state index contributed by atoms with van der Waals surface area (Å²) >= 11 is 0. The van der Waals surface area contributed by atoms with Crippen LogP contribution >= 0.6 is 0 Å². The summed E-state index contributed by atoms with van der Waals surface area (Å²) in [6.07, 6.45) is 2.39. The molecule has 4 aromatic rings. The molecule has 2 aromatic carbocycles. The number of nitrogens with zero attached hydrogens (tertiary/aromatic N) is 4. The van der Waals surface area contributed by atoms with Gasteiger partial charge < -0.3 is 19.5 Å². The number of amides is 1. The fraction of sp³-hybridized carbons (Fsp3) is 0.344. The van der Waals surface area contributed by atoms with Crippen LogP contribution in [0, 0.1) is 28.8 Å². The Hall–Kier alpha value is -4.89. The molecule has 0 bridgehead atoms. The minimum atomic E-state index is -4.42. The van der Waals surface area contributed by atoms with Crippen LogP contribution in [-0.4, -0.2) is 54.5 Å². The van der Waals surface area contributed by atoms with E-state index in [0.717, 1.165) is 6.07 Å². The third kappa shape index (κ3) is 6.53. The van der Waals surface area contributed by atoms with Crippen molar-refractivity contribution in [3.63, 3.8) is 0 Å². The number of para-hydroxylation sites is 1. The standard InChI is InChI=1S/C32H33FN6O7S/c1-19-15-31(41)38(26-16-21(33)9-12-23(19)26)17-24(36-47(44,45)28-6-4-3-5-25(28)39(42)43)20-7-10-22(11-8-20)37(2)29-14-13-27-32(34-29)35-30(40)18-46-27/h3-6,9,12-16,20,22,24,36H,7-8,10-11,17-18H2,1-2H3,(H,34,35,40)/t20-,22-,24?. The minimum absolute atomic E-state index is 0.0292. The molecule has 1 atom stereocenters. The normalized spacial score (nSPS) is 18.6. The Morgan fingerprint density at radius 2 is 1.87 bits per heavy atom. The van der Waals surface area contributed by atoms with Crippen molar-refractivity contribution in [1.82, 2.24) is 14.3 Å². The summed E-state index contributed by atoms with van der Waals surface area (Å²) < 4.78 is 51.4. The molecule has 3 heterocycles. The van der Waals surface area contributed by atoms with Crippen LogP contribution in [0.5, 0.6) is 5.75 Å². The van der Waals surface area contributed by atoms with Crippen molar-refractivity contribution in [2.45, 2.75) is 56.1 Å². The summed E-state index contributed by atoms with van der Waals surface area (Å²) in [5.41, 5.74) is -0.00155. The number of carbonyl (C=O) groups excluding carboxylic acids is 1. The zero-order valence-corrected chi connectivity index (χ0v) is 26.5. The van der Waals surface area contributed by atoms with Gasteiger partial charge in [-0.2, -0.15) is 0 Å². The van der Waals surface area contributed by atoms with E-state index < -0.39 is 42.9 Å². The monoisotopic (exact) mass is 664 g/mol. The first kappa shape index (κ1) is 32.1. The zero-order chi connectivity index (χ0) is 33.5. The molecule has 1 aliphatic carbocycles. The lowest BCUT2D eigenvalue weighted by Gasteiger charge is -2.38. The van der Waals surface area contributed by atoms with E-state index >= 15 is 0 Å². The second-order valence-electron chi connectivity index (χ2n) is 11.9. The van der Waals surface area contributed by atoms with Gasteiger partial charge in [0.1, 0.15) is 11.6 Å². The molecule has 1 saturated carbocycles. The SMILES string of the molecule is Cc1cc(=O)n(CC(NS(=O)(=O)c2ccccc2[N+](=O)[O-])[C@H]2CC[C@H](N(C)c3ccc4c(n3)NC(=O)CO4)CC2)c2cc(F)ccc12. The Bertz CT molecular complexity index is 2050. The summed E-state index contributed by atoms with van der Waals surface area (Å²) in [7, 11) is -2.53. The maximum Gasteiger partial charge on any atom is 0.289 e. The Kier molecular flexibility index (Phi) is 8.68. The molecule has 0 radical (unpaired) electrons. The maximum absolute atomic E-state index is 14.4. The number of anilines is 2. The minimum Gasteiger partial charge on any atom is -0.480 e. The van der Waals surface area contributed by atoms with Crippen LogP contribution in [0.1, 0.15) is 31.2 Å². The quantitative estimate of drug-likeness (QED) is 0.198. The molecule has 6 rings (SSSR count). The predicted molar refractivity (Wildman–Crippen MR) is 173 cm³/mol. The molecule has 15 heteroatoms. The highest BCUT2D eigenvalue weighted by atomic mass is 32.2. The van der Waals surface area contributed by atoms with Crippen LogP contribution in [0.25, 0.3) is 10.9 Å². The molecular weight excluding hydrogens is 631 g/mol. The molecule has 2 aromatic heterocycles. The van der Waals surface area contributed by atoms with Crippen molar-refractivity contribution >= 4 is 44.2 Å². The molecule has 2 aliphatic rings. The van der Waals surface area contributed by atoms with Gasteiger partial charge in [0.2, 0.25) is 10.0 Å². The van der Waals surface area contributed by atoms with Gasteiger partial charge in [-0.05, 0) is 80.5 Å². The number of nitro groups is 1. The van der Waals surface area contributed by atoms with Gasteiger partial charge in [0.05, 0.1) is 10.4 Å². The molecule has 13 nitrogen and oxygen atoms in total. The number of sulfonamides is 1. The van der Waals surface area contributed by atoms with Crippen LogP contribution in [0.4, 0.5) is 21.7 Å². The maximum atomic E-state index is 14.4. The van der Waals surface area contributed by atoms with Gasteiger partial charge in [0.25, 0.3) is 17.2 Å². The van der Waals surface area contributed by atoms with Crippen molar-refractivity contribution < 1.29 is 27.3 Å². The summed E-state index contributed by atoms with van der Waals surface area (Å²) in [6, 6.07) is 13.4. The lowest BCUT2D eigenvalue weighted by atomic mass is 9.81. The Morgan fingerprint density at radius 1 is 1.13 bits per heavy atom. The van der Waals surface area contributed by atoms with Gasteiger partial charge in [-0.3, -0.25) is 19.7 Å². The summed E-state index contributed by atoms with van der Waals surface area (Å²) in [5.74, 6) is 0.361. The van der Waals surface area contributed by atoms with E-state index in [0.29, 0.717) is 59.5 Å². The van der Waals surface area contributed by atoms with Gasteiger partial charge in [-0.1, -0.05) is 12.1 Å². The Labute approximate surface area is 269 Å². The van der Waals surface area contributed by atoms with Crippen LogP contribution in [0.15, 0.2) is 70.4 Å². The predicted octanol–water partition coefficient (Wildman–Crippen LogP) is 4.13. The summed E-state index contributed by atoms with van der Waals surface area (Å²) in [4.78, 5) is 42.1. The first-order valence-corrected chi connectivity index (χ1v) is 16.6. The van der Waals surface area contributed by atoms with Gasteiger partial charge in [-0.25, -0.2) is 22.5 Å². The molecule has 1 amide bonds. The molecule has 1 unspecified atom stereocenters. The number of aryl methyl sites for hydroxylation is 1. The first-order valence-electron chi connectivity index (χ1n) is 15.1. The van der Waals surface area contributed by atoms with Crippen LogP contribution in [0.2, 0.25) is 0 Å². The average Bonchev–Trinajstić information content (AvgIpc) is 3.05. The lowest BCUT2D eigenvalue weighted by Crippen LogP contribution is -2.47.